The molecule has 0 aliphatic heterocycles. The Morgan fingerprint density at radius 3 is 1.00 bits per heavy atom. The van der Waals surface area contributed by atoms with Crippen LogP contribution < -0.4 is 9.80 Å². The molecule has 6 heteroatoms. The van der Waals surface area contributed by atoms with Crippen LogP contribution in [0.1, 0.15) is 105 Å². The summed E-state index contributed by atoms with van der Waals surface area (Å²) in [6, 6.07) is 95.4. The molecule has 0 aliphatic rings. The number of hydrogen-bond acceptors (Lipinski definition) is 4. The van der Waals surface area contributed by atoms with Crippen LogP contribution in [0.5, 0.6) is 0 Å². The fourth-order valence-corrected chi connectivity index (χ4v) is 16.9. The fourth-order valence-electron chi connectivity index (χ4n) is 16.9. The molecule has 19 aromatic rings. The lowest BCUT2D eigenvalue weighted by molar-refractivity contribution is 0.572. The summed E-state index contributed by atoms with van der Waals surface area (Å²) in [5.74, 6) is 0. The van der Waals surface area contributed by atoms with Gasteiger partial charge in [-0.25, -0.2) is 0 Å². The van der Waals surface area contributed by atoms with E-state index in [9.17, 15) is 0 Å². The summed E-state index contributed by atoms with van der Waals surface area (Å²) in [6.45, 7) is 27.7. The molecular weight excluding hydrogens is 1220 g/mol. The molecule has 13 aromatic carbocycles. The van der Waals surface area contributed by atoms with E-state index in [2.05, 4.69) is 356 Å². The van der Waals surface area contributed by atoms with Crippen molar-refractivity contribution >= 4 is 154 Å². The summed E-state index contributed by atoms with van der Waals surface area (Å²) < 4.78 is 20.0. The molecule has 6 aromatic heterocycles. The summed E-state index contributed by atoms with van der Waals surface area (Å²) in [6.07, 6.45) is 0. The Labute approximate surface area is 582 Å². The zero-order chi connectivity index (χ0) is 68.2. The Morgan fingerprint density at radius 1 is 0.250 bits per heavy atom. The van der Waals surface area contributed by atoms with Crippen LogP contribution in [-0.2, 0) is 21.7 Å². The minimum absolute atomic E-state index is 0.123. The van der Waals surface area contributed by atoms with Gasteiger partial charge in [0.1, 0.15) is 11.2 Å². The lowest BCUT2D eigenvalue weighted by atomic mass is 9.86. The molecule has 6 nitrogen and oxygen atoms in total. The van der Waals surface area contributed by atoms with Gasteiger partial charge in [-0.2, -0.15) is 0 Å². The number of furan rings is 2. The van der Waals surface area contributed by atoms with Crippen molar-refractivity contribution in [3.05, 3.63) is 277 Å². The Balaban J connectivity index is 0.921. The molecule has 0 radical (unpaired) electrons. The van der Waals surface area contributed by atoms with Gasteiger partial charge in [-0.3, -0.25) is 0 Å². The average molecular weight is 1300 g/mol. The van der Waals surface area contributed by atoms with Gasteiger partial charge in [-0.15, -0.1) is 0 Å². The van der Waals surface area contributed by atoms with Crippen LogP contribution in [0.4, 0.5) is 34.1 Å². The van der Waals surface area contributed by atoms with Gasteiger partial charge >= 0.3 is 0 Å². The number of anilines is 6. The molecule has 100 heavy (non-hydrogen) atoms. The summed E-state index contributed by atoms with van der Waals surface area (Å²) in [5.41, 5.74) is 25.9. The van der Waals surface area contributed by atoms with Crippen molar-refractivity contribution in [3.63, 3.8) is 0 Å². The monoisotopic (exact) mass is 1290 g/mol. The maximum absolute atomic E-state index is 7.39. The molecule has 0 bridgehead atoms. The first kappa shape index (κ1) is 59.9. The van der Waals surface area contributed by atoms with Gasteiger partial charge in [0, 0.05) is 86.9 Å². The molecular formula is C94H78N4O2. The fraction of sp³-hybridized carbons (Fsp3) is 0.170. The maximum Gasteiger partial charge on any atom is 0.159 e. The first-order valence-electron chi connectivity index (χ1n) is 35.4. The van der Waals surface area contributed by atoms with Crippen LogP contribution >= 0.6 is 0 Å². The number of fused-ring (bicyclic) bond motifs is 18. The SMILES string of the molecule is CC(C)(C)c1ccc2c(c1)c1c(N(c3ccccc3-c3ccccc3)c3cccc4c3oc3c(C(C)(C)C)cccc34)ccc3c4cc5c(cc4n2c31)c1ccc(N(c2ccccc2-c2ccccc2)c2cccc3c2oc2c(C(C)(C)C)cccc23)c2c3cc(C(C)(C)C)ccc3n5c12. The minimum atomic E-state index is -0.145. The van der Waals surface area contributed by atoms with Crippen LogP contribution in [-0.4, -0.2) is 8.80 Å². The molecule has 0 spiro atoms. The Kier molecular flexibility index (Phi) is 12.6. The number of para-hydroxylation sites is 6. The van der Waals surface area contributed by atoms with E-state index in [-0.39, 0.29) is 21.7 Å². The molecule has 0 atom stereocenters. The predicted octanol–water partition coefficient (Wildman–Crippen LogP) is 27.2. The van der Waals surface area contributed by atoms with Crippen LogP contribution in [0, 0.1) is 0 Å². The molecule has 0 fully saturated rings. The number of rotatable bonds is 8. The average Bonchev–Trinajstić information content (AvgIpc) is 1.51. The van der Waals surface area contributed by atoms with Gasteiger partial charge in [-0.05, 0) is 117 Å². The second-order valence-corrected chi connectivity index (χ2v) is 32.0. The zero-order valence-corrected chi connectivity index (χ0v) is 58.9. The lowest BCUT2D eigenvalue weighted by Gasteiger charge is -2.29. The van der Waals surface area contributed by atoms with E-state index < -0.39 is 0 Å². The normalized spacial score (nSPS) is 13.0. The Morgan fingerprint density at radius 2 is 0.610 bits per heavy atom. The van der Waals surface area contributed by atoms with E-state index in [1.807, 2.05) is 0 Å². The Bertz CT molecular complexity index is 6170. The summed E-state index contributed by atoms with van der Waals surface area (Å²) in [4.78, 5) is 5.03. The number of nitrogens with zero attached hydrogens (tertiary/aromatic N) is 4. The van der Waals surface area contributed by atoms with Crippen molar-refractivity contribution in [2.75, 3.05) is 9.80 Å². The van der Waals surface area contributed by atoms with Gasteiger partial charge in [0.2, 0.25) is 0 Å². The van der Waals surface area contributed by atoms with Crippen molar-refractivity contribution in [2.45, 2.75) is 105 Å². The van der Waals surface area contributed by atoms with Crippen LogP contribution in [0.2, 0.25) is 0 Å². The predicted molar refractivity (Wildman–Crippen MR) is 425 cm³/mol. The van der Waals surface area contributed by atoms with Gasteiger partial charge in [0.15, 0.2) is 11.2 Å². The van der Waals surface area contributed by atoms with E-state index >= 15 is 0 Å². The van der Waals surface area contributed by atoms with Crippen LogP contribution in [0.3, 0.4) is 0 Å². The first-order valence-corrected chi connectivity index (χ1v) is 35.4. The molecule has 0 unspecified atom stereocenters. The molecule has 0 amide bonds. The first-order chi connectivity index (χ1) is 48.2. The third-order valence-electron chi connectivity index (χ3n) is 21.7. The molecule has 0 saturated carbocycles. The van der Waals surface area contributed by atoms with Crippen molar-refractivity contribution in [1.82, 2.24) is 8.80 Å². The van der Waals surface area contributed by atoms with E-state index in [1.54, 1.807) is 0 Å². The number of benzene rings is 13. The van der Waals surface area contributed by atoms with Crippen molar-refractivity contribution in [1.29, 1.82) is 0 Å². The molecule has 0 saturated heterocycles. The molecule has 19 rings (SSSR count). The summed E-state index contributed by atoms with van der Waals surface area (Å²) >= 11 is 0. The van der Waals surface area contributed by atoms with E-state index in [1.165, 1.54) is 98.4 Å². The van der Waals surface area contributed by atoms with Gasteiger partial charge < -0.3 is 27.4 Å². The second kappa shape index (κ2) is 21.1. The van der Waals surface area contributed by atoms with E-state index in [0.717, 1.165) is 100 Å². The topological polar surface area (TPSA) is 41.6 Å². The maximum atomic E-state index is 7.39. The molecule has 486 valence electrons. The van der Waals surface area contributed by atoms with Gasteiger partial charge in [0.25, 0.3) is 0 Å². The quantitative estimate of drug-likeness (QED) is 0.152. The number of aromatic nitrogens is 2. The van der Waals surface area contributed by atoms with Gasteiger partial charge in [0.05, 0.1) is 67.2 Å². The third kappa shape index (κ3) is 8.68. The van der Waals surface area contributed by atoms with Crippen molar-refractivity contribution in [2.24, 2.45) is 0 Å². The van der Waals surface area contributed by atoms with Crippen molar-refractivity contribution in [3.8, 4) is 22.3 Å². The molecule has 0 N–H and O–H groups in total. The summed E-state index contributed by atoms with van der Waals surface area (Å²) in [5, 5.41) is 14.1. The van der Waals surface area contributed by atoms with Gasteiger partial charge in [-0.1, -0.05) is 265 Å². The zero-order valence-electron chi connectivity index (χ0n) is 58.9. The van der Waals surface area contributed by atoms with E-state index in [0.29, 0.717) is 0 Å². The highest BCUT2D eigenvalue weighted by Gasteiger charge is 2.34. The van der Waals surface area contributed by atoms with E-state index in [4.69, 9.17) is 8.83 Å². The third-order valence-corrected chi connectivity index (χ3v) is 21.7. The smallest absolute Gasteiger partial charge is 0.159 e. The summed E-state index contributed by atoms with van der Waals surface area (Å²) in [7, 11) is 0. The molecule has 0 aliphatic carbocycles. The van der Waals surface area contributed by atoms with Crippen LogP contribution in [0.25, 0.3) is 142 Å². The molecule has 6 heterocycles. The highest BCUT2D eigenvalue weighted by Crippen LogP contribution is 2.56. The minimum Gasteiger partial charge on any atom is -0.454 e. The lowest BCUT2D eigenvalue weighted by Crippen LogP contribution is -2.12. The highest BCUT2D eigenvalue weighted by molar-refractivity contribution is 6.33. The Hall–Kier alpha value is -11.3. The largest absolute Gasteiger partial charge is 0.454 e. The number of hydrogen-bond donors (Lipinski definition) is 0. The standard InChI is InChI=1S/C94H78N4O2/c1-91(2,3)57-43-47-75-69(51-57)83-77(95(73-39-21-19-31-59(73)55-27-15-13-16-28-55)79-41-25-35-65-63-33-23-37-71(93(7,8)9)87(63)99-89(65)79)49-45-61-67-54-82-68(53-81(67)97(75)85(61)83)62-46-50-78(84-70-52-58(92(4,5)6)44-48-76(70)98(82)86(62)84)96(74-40-22-20-32-60(74)56-29-17-14-18-30-56)80-42-26-36-66-64-34-24-38-72(94(10,11)12)88(64)100-90(66)80/h13-54H,1-12H3. The van der Waals surface area contributed by atoms with Crippen LogP contribution in [0.15, 0.2) is 264 Å². The second-order valence-electron chi connectivity index (χ2n) is 32.0. The highest BCUT2D eigenvalue weighted by atomic mass is 16.3. The van der Waals surface area contributed by atoms with Crippen molar-refractivity contribution < 1.29 is 8.83 Å².